The zero-order valence-corrected chi connectivity index (χ0v) is 11.2. The summed E-state index contributed by atoms with van der Waals surface area (Å²) < 4.78 is 5.38. The normalized spacial score (nSPS) is 15.1. The highest BCUT2D eigenvalue weighted by atomic mass is 16.5. The van der Waals surface area contributed by atoms with Crippen LogP contribution in [0.15, 0.2) is 28.8 Å². The molecule has 3 rings (SSSR count). The molecule has 2 aromatic rings. The number of anilines is 1. The molecule has 1 aliphatic rings. The second-order valence-corrected chi connectivity index (χ2v) is 4.94. The highest BCUT2D eigenvalue weighted by Gasteiger charge is 2.18. The van der Waals surface area contributed by atoms with Crippen LogP contribution in [0.25, 0.3) is 11.5 Å². The van der Waals surface area contributed by atoms with Crippen LogP contribution in [0, 0.1) is 11.3 Å². The molecule has 20 heavy (non-hydrogen) atoms. The van der Waals surface area contributed by atoms with Gasteiger partial charge in [0.15, 0.2) is 0 Å². The molecular weight excluding hydrogens is 252 g/mol. The first-order valence-electron chi connectivity index (χ1n) is 6.92. The van der Waals surface area contributed by atoms with Crippen molar-refractivity contribution in [2.75, 3.05) is 18.0 Å². The lowest BCUT2D eigenvalue weighted by molar-refractivity contribution is 0.426. The van der Waals surface area contributed by atoms with E-state index in [9.17, 15) is 0 Å². The van der Waals surface area contributed by atoms with Crippen molar-refractivity contribution in [3.63, 3.8) is 0 Å². The van der Waals surface area contributed by atoms with E-state index in [0.717, 1.165) is 24.2 Å². The van der Waals surface area contributed by atoms with E-state index in [-0.39, 0.29) is 0 Å². The number of aromatic nitrogens is 2. The van der Waals surface area contributed by atoms with Crippen LogP contribution >= 0.6 is 0 Å². The molecule has 102 valence electrons. The zero-order chi connectivity index (χ0) is 13.8. The summed E-state index contributed by atoms with van der Waals surface area (Å²) in [7, 11) is 0. The summed E-state index contributed by atoms with van der Waals surface area (Å²) in [5, 5.41) is 12.9. The van der Waals surface area contributed by atoms with Gasteiger partial charge in [-0.1, -0.05) is 18.2 Å². The molecule has 2 heterocycles. The van der Waals surface area contributed by atoms with E-state index < -0.39 is 0 Å². The summed E-state index contributed by atoms with van der Waals surface area (Å²) in [4.78, 5) is 6.64. The zero-order valence-electron chi connectivity index (χ0n) is 11.2. The number of nitrogens with zero attached hydrogens (tertiary/aromatic N) is 4. The smallest absolute Gasteiger partial charge is 0.266 e. The van der Waals surface area contributed by atoms with Gasteiger partial charge in [-0.2, -0.15) is 10.2 Å². The minimum Gasteiger partial charge on any atom is -0.338 e. The molecule has 1 aromatic carbocycles. The fourth-order valence-electron chi connectivity index (χ4n) is 2.52. The topological polar surface area (TPSA) is 66.0 Å². The van der Waals surface area contributed by atoms with Crippen LogP contribution in [0.5, 0.6) is 0 Å². The van der Waals surface area contributed by atoms with Crippen molar-refractivity contribution in [1.29, 1.82) is 5.26 Å². The summed E-state index contributed by atoms with van der Waals surface area (Å²) >= 11 is 0. The number of piperidine rings is 1. The Morgan fingerprint density at radius 1 is 1.20 bits per heavy atom. The van der Waals surface area contributed by atoms with Gasteiger partial charge in [0.1, 0.15) is 0 Å². The van der Waals surface area contributed by atoms with Gasteiger partial charge in [-0.3, -0.25) is 0 Å². The molecule has 5 nitrogen and oxygen atoms in total. The Hall–Kier alpha value is -2.35. The maximum atomic E-state index is 8.88. The van der Waals surface area contributed by atoms with Gasteiger partial charge in [0, 0.05) is 18.7 Å². The molecule has 1 fully saturated rings. The van der Waals surface area contributed by atoms with E-state index in [1.807, 2.05) is 24.3 Å². The van der Waals surface area contributed by atoms with Crippen molar-refractivity contribution >= 4 is 5.95 Å². The summed E-state index contributed by atoms with van der Waals surface area (Å²) in [5.41, 5.74) is 1.77. The number of rotatable bonds is 3. The molecule has 0 spiro atoms. The molecule has 0 amide bonds. The third-order valence-electron chi connectivity index (χ3n) is 3.57. The van der Waals surface area contributed by atoms with E-state index >= 15 is 0 Å². The first-order chi connectivity index (χ1) is 9.88. The Kier molecular flexibility index (Phi) is 3.64. The molecule has 0 unspecified atom stereocenters. The van der Waals surface area contributed by atoms with Crippen LogP contribution in [-0.4, -0.2) is 23.2 Å². The van der Waals surface area contributed by atoms with Crippen LogP contribution in [0.4, 0.5) is 5.95 Å². The summed E-state index contributed by atoms with van der Waals surface area (Å²) in [5.74, 6) is 1.16. The minimum absolute atomic E-state index is 0.345. The Balaban J connectivity index is 1.88. The highest BCUT2D eigenvalue weighted by Crippen LogP contribution is 2.25. The molecule has 0 aliphatic carbocycles. The van der Waals surface area contributed by atoms with Gasteiger partial charge in [-0.15, -0.1) is 0 Å². The van der Waals surface area contributed by atoms with Crippen LogP contribution in [0.3, 0.4) is 0 Å². The predicted molar refractivity (Wildman–Crippen MR) is 75.1 cm³/mol. The van der Waals surface area contributed by atoms with Crippen molar-refractivity contribution in [2.24, 2.45) is 0 Å². The standard InChI is InChI=1S/C15H16N4O/c16-9-8-12-6-2-3-7-13(12)14-17-15(18-20-14)19-10-4-1-5-11-19/h2-3,6-7H,1,4-5,8,10-11H2. The van der Waals surface area contributed by atoms with E-state index in [4.69, 9.17) is 9.78 Å². The third-order valence-corrected chi connectivity index (χ3v) is 3.57. The Labute approximate surface area is 117 Å². The fourth-order valence-corrected chi connectivity index (χ4v) is 2.52. The first-order valence-corrected chi connectivity index (χ1v) is 6.92. The van der Waals surface area contributed by atoms with Gasteiger partial charge in [-0.25, -0.2) is 0 Å². The lowest BCUT2D eigenvalue weighted by atomic mass is 10.1. The van der Waals surface area contributed by atoms with Crippen LogP contribution in [0.2, 0.25) is 0 Å². The van der Waals surface area contributed by atoms with E-state index in [1.165, 1.54) is 19.3 Å². The van der Waals surface area contributed by atoms with E-state index in [0.29, 0.717) is 18.3 Å². The molecule has 1 saturated heterocycles. The van der Waals surface area contributed by atoms with Crippen molar-refractivity contribution in [2.45, 2.75) is 25.7 Å². The molecule has 1 aromatic heterocycles. The van der Waals surface area contributed by atoms with Gasteiger partial charge in [-0.05, 0) is 36.0 Å². The van der Waals surface area contributed by atoms with E-state index in [1.54, 1.807) is 0 Å². The van der Waals surface area contributed by atoms with Crippen molar-refractivity contribution < 1.29 is 4.52 Å². The molecule has 0 bridgehead atoms. The van der Waals surface area contributed by atoms with Crippen molar-refractivity contribution in [3.05, 3.63) is 29.8 Å². The second-order valence-electron chi connectivity index (χ2n) is 4.94. The summed E-state index contributed by atoms with van der Waals surface area (Å²) in [6.45, 7) is 1.97. The van der Waals surface area contributed by atoms with Crippen molar-refractivity contribution in [3.8, 4) is 17.5 Å². The maximum Gasteiger partial charge on any atom is 0.266 e. The van der Waals surface area contributed by atoms with Gasteiger partial charge in [0.2, 0.25) is 0 Å². The molecule has 0 N–H and O–H groups in total. The highest BCUT2D eigenvalue weighted by molar-refractivity contribution is 5.60. The third kappa shape index (κ3) is 2.50. The summed E-state index contributed by atoms with van der Waals surface area (Å²) in [6, 6.07) is 9.83. The van der Waals surface area contributed by atoms with Crippen LogP contribution in [-0.2, 0) is 6.42 Å². The molecular formula is C15H16N4O. The van der Waals surface area contributed by atoms with Gasteiger partial charge in [0.05, 0.1) is 12.5 Å². The van der Waals surface area contributed by atoms with E-state index in [2.05, 4.69) is 21.1 Å². The summed E-state index contributed by atoms with van der Waals surface area (Å²) in [6.07, 6.45) is 3.97. The average Bonchev–Trinajstić information content (AvgIpc) is 2.99. The van der Waals surface area contributed by atoms with Crippen LogP contribution in [0.1, 0.15) is 24.8 Å². The average molecular weight is 268 g/mol. The minimum atomic E-state index is 0.345. The molecule has 0 saturated carbocycles. The lowest BCUT2D eigenvalue weighted by Gasteiger charge is -2.24. The quantitative estimate of drug-likeness (QED) is 0.856. The van der Waals surface area contributed by atoms with Crippen LogP contribution < -0.4 is 4.90 Å². The Bertz CT molecular complexity index is 623. The largest absolute Gasteiger partial charge is 0.338 e. The SMILES string of the molecule is N#CCc1ccccc1-c1nc(N2CCCCC2)no1. The van der Waals surface area contributed by atoms with Gasteiger partial charge in [0.25, 0.3) is 11.8 Å². The Morgan fingerprint density at radius 3 is 2.80 bits per heavy atom. The molecule has 1 aliphatic heterocycles. The number of benzene rings is 1. The maximum absolute atomic E-state index is 8.88. The molecule has 0 radical (unpaired) electrons. The monoisotopic (exact) mass is 268 g/mol. The second kappa shape index (κ2) is 5.74. The number of hydrogen-bond acceptors (Lipinski definition) is 5. The van der Waals surface area contributed by atoms with Gasteiger partial charge < -0.3 is 9.42 Å². The molecule has 0 atom stereocenters. The predicted octanol–water partition coefficient (Wildman–Crippen LogP) is 2.79. The number of hydrogen-bond donors (Lipinski definition) is 0. The lowest BCUT2D eigenvalue weighted by Crippen LogP contribution is -2.30. The fraction of sp³-hybridized carbons (Fsp3) is 0.400. The molecule has 5 heteroatoms. The van der Waals surface area contributed by atoms with Crippen molar-refractivity contribution in [1.82, 2.24) is 10.1 Å². The van der Waals surface area contributed by atoms with Gasteiger partial charge >= 0.3 is 0 Å². The Morgan fingerprint density at radius 2 is 2.00 bits per heavy atom. The number of nitriles is 1. The first kappa shape index (κ1) is 12.7.